The van der Waals surface area contributed by atoms with Gasteiger partial charge in [-0.2, -0.15) is 0 Å². The molecule has 0 aliphatic heterocycles. The summed E-state index contributed by atoms with van der Waals surface area (Å²) in [4.78, 5) is 24.2. The average Bonchev–Trinajstić information content (AvgIpc) is 2.41. The van der Waals surface area contributed by atoms with Gasteiger partial charge in [-0.15, -0.1) is 0 Å². The molecule has 110 valence electrons. The lowest BCUT2D eigenvalue weighted by Crippen LogP contribution is -2.36. The third-order valence-electron chi connectivity index (χ3n) is 3.26. The molecule has 0 spiro atoms. The smallest absolute Gasteiger partial charge is 0.290 e. The average molecular weight is 319 g/mol. The number of nitro groups is 1. The molecule has 0 radical (unpaired) electrons. The van der Waals surface area contributed by atoms with Gasteiger partial charge in [0.2, 0.25) is 0 Å². The summed E-state index contributed by atoms with van der Waals surface area (Å²) in [7, 11) is 1.67. The van der Waals surface area contributed by atoms with Crippen molar-refractivity contribution in [2.75, 3.05) is 7.05 Å². The minimum absolute atomic E-state index is 0.00200. The lowest BCUT2D eigenvalue weighted by Gasteiger charge is -2.26. The van der Waals surface area contributed by atoms with E-state index < -0.39 is 4.92 Å². The van der Waals surface area contributed by atoms with Crippen LogP contribution in [0.25, 0.3) is 0 Å². The second-order valence-electron chi connectivity index (χ2n) is 4.43. The van der Waals surface area contributed by atoms with Crippen LogP contribution < -0.4 is 0 Å². The van der Waals surface area contributed by atoms with Crippen molar-refractivity contribution in [1.29, 1.82) is 0 Å². The molecule has 0 atom stereocenters. The lowest BCUT2D eigenvalue weighted by molar-refractivity contribution is -0.384. The van der Waals surface area contributed by atoms with Gasteiger partial charge in [-0.25, -0.2) is 0 Å². The van der Waals surface area contributed by atoms with Crippen LogP contribution in [0.3, 0.4) is 0 Å². The SMILES string of the molecule is CCC(CC)N(C)C(=O)c1cc(Cl)c(Cl)c([N+](=O)[O-])c1. The molecule has 1 aromatic carbocycles. The van der Waals surface area contributed by atoms with Crippen LogP contribution >= 0.6 is 23.2 Å². The first-order chi connectivity index (χ1) is 9.33. The topological polar surface area (TPSA) is 63.5 Å². The maximum atomic E-state index is 12.3. The Morgan fingerprint density at radius 3 is 2.35 bits per heavy atom. The van der Waals surface area contributed by atoms with E-state index in [-0.39, 0.29) is 33.2 Å². The summed E-state index contributed by atoms with van der Waals surface area (Å²) < 4.78 is 0. The molecule has 5 nitrogen and oxygen atoms in total. The highest BCUT2D eigenvalue weighted by atomic mass is 35.5. The molecule has 0 N–H and O–H groups in total. The number of benzene rings is 1. The van der Waals surface area contributed by atoms with Crippen LogP contribution in [-0.2, 0) is 0 Å². The van der Waals surface area contributed by atoms with Crippen LogP contribution in [0, 0.1) is 10.1 Å². The molecule has 0 saturated heterocycles. The molecule has 0 bridgehead atoms. The van der Waals surface area contributed by atoms with Crippen molar-refractivity contribution in [3.8, 4) is 0 Å². The van der Waals surface area contributed by atoms with Crippen LogP contribution in [-0.4, -0.2) is 28.8 Å². The summed E-state index contributed by atoms with van der Waals surface area (Å²) in [6, 6.07) is 2.60. The molecule has 20 heavy (non-hydrogen) atoms. The molecule has 0 aliphatic rings. The van der Waals surface area contributed by atoms with Gasteiger partial charge in [-0.3, -0.25) is 14.9 Å². The van der Waals surface area contributed by atoms with Crippen molar-refractivity contribution in [3.63, 3.8) is 0 Å². The van der Waals surface area contributed by atoms with E-state index in [9.17, 15) is 14.9 Å². The Morgan fingerprint density at radius 2 is 1.90 bits per heavy atom. The Labute approximate surface area is 127 Å². The highest BCUT2D eigenvalue weighted by Crippen LogP contribution is 2.33. The zero-order valence-corrected chi connectivity index (χ0v) is 13.0. The number of carbonyl (C=O) groups is 1. The molecule has 0 unspecified atom stereocenters. The second kappa shape index (κ2) is 6.90. The minimum Gasteiger partial charge on any atom is -0.339 e. The highest BCUT2D eigenvalue weighted by Gasteiger charge is 2.24. The predicted octanol–water partition coefficient (Wildman–Crippen LogP) is 4.16. The van der Waals surface area contributed by atoms with Crippen LogP contribution in [0.5, 0.6) is 0 Å². The number of nitrogens with zero attached hydrogens (tertiary/aromatic N) is 2. The van der Waals surface area contributed by atoms with Crippen molar-refractivity contribution in [2.45, 2.75) is 32.7 Å². The summed E-state index contributed by atoms with van der Waals surface area (Å²) in [6.45, 7) is 3.96. The minimum atomic E-state index is -0.651. The van der Waals surface area contributed by atoms with Crippen LogP contribution in [0.2, 0.25) is 10.0 Å². The Hall–Kier alpha value is -1.33. The summed E-state index contributed by atoms with van der Waals surface area (Å²) >= 11 is 11.6. The standard InChI is InChI=1S/C13H16Cl2N2O3/c1-4-9(5-2)16(3)13(18)8-6-10(14)12(15)11(7-8)17(19)20/h6-7,9H,4-5H2,1-3H3. The van der Waals surface area contributed by atoms with Crippen LogP contribution in [0.15, 0.2) is 12.1 Å². The van der Waals surface area contributed by atoms with Gasteiger partial charge in [0.15, 0.2) is 0 Å². The molecule has 1 amide bonds. The molecule has 7 heteroatoms. The molecular formula is C13H16Cl2N2O3. The summed E-state index contributed by atoms with van der Waals surface area (Å²) in [6.07, 6.45) is 1.62. The first-order valence-corrected chi connectivity index (χ1v) is 6.99. The lowest BCUT2D eigenvalue weighted by atomic mass is 10.1. The fourth-order valence-electron chi connectivity index (χ4n) is 2.04. The van der Waals surface area contributed by atoms with Crippen molar-refractivity contribution in [3.05, 3.63) is 37.9 Å². The first-order valence-electron chi connectivity index (χ1n) is 6.24. The molecule has 0 fully saturated rings. The van der Waals surface area contributed by atoms with Gasteiger partial charge in [0.05, 0.1) is 9.95 Å². The molecular weight excluding hydrogens is 303 g/mol. The van der Waals surface area contributed by atoms with E-state index >= 15 is 0 Å². The number of amides is 1. The summed E-state index contributed by atoms with van der Waals surface area (Å²) in [5, 5.41) is 10.8. The van der Waals surface area contributed by atoms with E-state index in [0.717, 1.165) is 18.9 Å². The molecule has 0 heterocycles. The van der Waals surface area contributed by atoms with Gasteiger partial charge in [0, 0.05) is 24.7 Å². The van der Waals surface area contributed by atoms with E-state index in [0.29, 0.717) is 0 Å². The molecule has 1 aromatic rings. The van der Waals surface area contributed by atoms with E-state index in [1.165, 1.54) is 6.07 Å². The third-order valence-corrected chi connectivity index (χ3v) is 4.06. The number of halogens is 2. The normalized spacial score (nSPS) is 10.7. The number of nitro benzene ring substituents is 1. The number of rotatable bonds is 5. The maximum Gasteiger partial charge on any atom is 0.290 e. The Balaban J connectivity index is 3.20. The fourth-order valence-corrected chi connectivity index (χ4v) is 2.43. The van der Waals surface area contributed by atoms with Gasteiger partial charge >= 0.3 is 0 Å². The van der Waals surface area contributed by atoms with E-state index in [1.807, 2.05) is 13.8 Å². The largest absolute Gasteiger partial charge is 0.339 e. The van der Waals surface area contributed by atoms with Crippen molar-refractivity contribution < 1.29 is 9.72 Å². The Bertz CT molecular complexity index is 531. The van der Waals surface area contributed by atoms with Gasteiger partial charge in [0.25, 0.3) is 11.6 Å². The number of hydrogen-bond acceptors (Lipinski definition) is 3. The Morgan fingerprint density at radius 1 is 1.35 bits per heavy atom. The van der Waals surface area contributed by atoms with Gasteiger partial charge in [0.1, 0.15) is 5.02 Å². The van der Waals surface area contributed by atoms with Gasteiger partial charge < -0.3 is 4.90 Å². The zero-order chi connectivity index (χ0) is 15.4. The first kappa shape index (κ1) is 16.7. The van der Waals surface area contributed by atoms with E-state index in [1.54, 1.807) is 11.9 Å². The Kier molecular flexibility index (Phi) is 5.77. The third kappa shape index (κ3) is 3.41. The number of carbonyl (C=O) groups excluding carboxylic acids is 1. The molecule has 0 aromatic heterocycles. The summed E-state index contributed by atoms with van der Waals surface area (Å²) in [5.41, 5.74) is -0.194. The fraction of sp³-hybridized carbons (Fsp3) is 0.462. The number of hydrogen-bond donors (Lipinski definition) is 0. The monoisotopic (exact) mass is 318 g/mol. The van der Waals surface area contributed by atoms with Crippen molar-refractivity contribution in [2.24, 2.45) is 0 Å². The van der Waals surface area contributed by atoms with Gasteiger partial charge in [-0.1, -0.05) is 37.0 Å². The summed E-state index contributed by atoms with van der Waals surface area (Å²) in [5.74, 6) is -0.305. The second-order valence-corrected chi connectivity index (χ2v) is 5.22. The molecule has 0 saturated carbocycles. The molecule has 1 rings (SSSR count). The van der Waals surface area contributed by atoms with Crippen molar-refractivity contribution in [1.82, 2.24) is 4.90 Å². The zero-order valence-electron chi connectivity index (χ0n) is 11.5. The quantitative estimate of drug-likeness (QED) is 0.604. The van der Waals surface area contributed by atoms with Crippen LogP contribution in [0.1, 0.15) is 37.0 Å². The molecule has 0 aliphatic carbocycles. The highest BCUT2D eigenvalue weighted by molar-refractivity contribution is 6.43. The van der Waals surface area contributed by atoms with E-state index in [4.69, 9.17) is 23.2 Å². The van der Waals surface area contributed by atoms with Gasteiger partial charge in [-0.05, 0) is 18.9 Å². The van der Waals surface area contributed by atoms with E-state index in [2.05, 4.69) is 0 Å². The van der Waals surface area contributed by atoms with Crippen molar-refractivity contribution >= 4 is 34.8 Å². The van der Waals surface area contributed by atoms with Crippen LogP contribution in [0.4, 0.5) is 5.69 Å². The maximum absolute atomic E-state index is 12.3. The predicted molar refractivity (Wildman–Crippen MR) is 79.6 cm³/mol.